The van der Waals surface area contributed by atoms with Crippen molar-refractivity contribution >= 4 is 23.3 Å². The highest BCUT2D eigenvalue weighted by Gasteiger charge is 2.16. The Morgan fingerprint density at radius 1 is 1.30 bits per heavy atom. The molecule has 3 rings (SSSR count). The molecular formula is C15H15N3OS. The number of pyridine rings is 1. The number of aromatic nitrogens is 1. The van der Waals surface area contributed by atoms with Crippen molar-refractivity contribution in [2.75, 3.05) is 23.7 Å². The Balaban J connectivity index is 1.74. The fourth-order valence-electron chi connectivity index (χ4n) is 2.24. The first-order valence-corrected chi connectivity index (χ1v) is 7.31. The van der Waals surface area contributed by atoms with E-state index >= 15 is 0 Å². The summed E-state index contributed by atoms with van der Waals surface area (Å²) in [5.74, 6) is 3.39. The predicted molar refractivity (Wildman–Crippen MR) is 80.9 cm³/mol. The van der Waals surface area contributed by atoms with Crippen molar-refractivity contribution in [1.29, 1.82) is 0 Å². The molecule has 0 spiro atoms. The van der Waals surface area contributed by atoms with E-state index < -0.39 is 0 Å². The number of furan rings is 1. The summed E-state index contributed by atoms with van der Waals surface area (Å²) in [5, 5.41) is 0. The van der Waals surface area contributed by atoms with Crippen molar-refractivity contribution in [3.05, 3.63) is 30.3 Å². The molecule has 20 heavy (non-hydrogen) atoms. The first-order valence-electron chi connectivity index (χ1n) is 6.50. The molecule has 0 amide bonds. The number of hydrogen-bond donors (Lipinski definition) is 1. The molecule has 0 unspecified atom stereocenters. The number of rotatable bonds is 3. The zero-order valence-corrected chi connectivity index (χ0v) is 11.8. The van der Waals surface area contributed by atoms with E-state index in [-0.39, 0.29) is 0 Å². The number of terminal acetylenes is 1. The van der Waals surface area contributed by atoms with Crippen molar-refractivity contribution in [2.45, 2.75) is 22.6 Å². The van der Waals surface area contributed by atoms with E-state index in [0.717, 1.165) is 28.8 Å². The minimum absolute atomic E-state index is 0.485. The summed E-state index contributed by atoms with van der Waals surface area (Å²) < 4.78 is 5.62. The maximum absolute atomic E-state index is 5.84. The van der Waals surface area contributed by atoms with Crippen molar-refractivity contribution in [3.63, 3.8) is 0 Å². The van der Waals surface area contributed by atoms with Gasteiger partial charge in [0.05, 0.1) is 10.6 Å². The van der Waals surface area contributed by atoms with Gasteiger partial charge in [-0.2, -0.15) is 0 Å². The van der Waals surface area contributed by atoms with Gasteiger partial charge < -0.3 is 15.1 Å². The molecule has 2 aromatic rings. The van der Waals surface area contributed by atoms with E-state index in [0.29, 0.717) is 11.4 Å². The van der Waals surface area contributed by atoms with Gasteiger partial charge in [-0.25, -0.2) is 4.98 Å². The number of nitrogens with zero attached hydrogens (tertiary/aromatic N) is 2. The molecule has 0 atom stereocenters. The van der Waals surface area contributed by atoms with Gasteiger partial charge in [0.15, 0.2) is 5.88 Å². The minimum Gasteiger partial charge on any atom is -0.448 e. The molecule has 0 saturated carbocycles. The van der Waals surface area contributed by atoms with Crippen LogP contribution in [0.2, 0.25) is 0 Å². The third kappa shape index (κ3) is 2.61. The average molecular weight is 285 g/mol. The molecule has 102 valence electrons. The molecule has 1 aliphatic rings. The van der Waals surface area contributed by atoms with Crippen molar-refractivity contribution in [2.24, 2.45) is 0 Å². The monoisotopic (exact) mass is 285 g/mol. The second kappa shape index (κ2) is 5.51. The highest BCUT2D eigenvalue weighted by atomic mass is 32.2. The highest BCUT2D eigenvalue weighted by Crippen LogP contribution is 2.33. The van der Waals surface area contributed by atoms with Crippen LogP contribution in [0.15, 0.2) is 38.8 Å². The Bertz CT molecular complexity index is 653. The smallest absolute Gasteiger partial charge is 0.196 e. The maximum atomic E-state index is 5.84. The summed E-state index contributed by atoms with van der Waals surface area (Å²) in [6.45, 7) is 2.14. The largest absolute Gasteiger partial charge is 0.448 e. The van der Waals surface area contributed by atoms with E-state index in [1.807, 2.05) is 6.07 Å². The molecule has 1 aliphatic heterocycles. The molecular weight excluding hydrogens is 270 g/mol. The Kier molecular flexibility index (Phi) is 3.57. The first-order chi connectivity index (χ1) is 9.76. The SMILES string of the molecule is C#Cc1ncc(Sc2coc(N3CCCC3)c2)cc1N. The van der Waals surface area contributed by atoms with Gasteiger partial charge in [-0.3, -0.25) is 0 Å². The van der Waals surface area contributed by atoms with Gasteiger partial charge in [0.2, 0.25) is 0 Å². The summed E-state index contributed by atoms with van der Waals surface area (Å²) in [6.07, 6.45) is 11.3. The lowest BCUT2D eigenvalue weighted by molar-refractivity contribution is 0.552. The molecule has 0 aliphatic carbocycles. The third-order valence-corrected chi connectivity index (χ3v) is 4.15. The van der Waals surface area contributed by atoms with Crippen LogP contribution in [0, 0.1) is 12.3 Å². The lowest BCUT2D eigenvalue weighted by Gasteiger charge is -2.12. The van der Waals surface area contributed by atoms with Crippen molar-refractivity contribution in [3.8, 4) is 12.3 Å². The van der Waals surface area contributed by atoms with Crippen molar-refractivity contribution in [1.82, 2.24) is 4.98 Å². The average Bonchev–Trinajstić information content (AvgIpc) is 3.09. The van der Waals surface area contributed by atoms with Crippen LogP contribution in [0.25, 0.3) is 0 Å². The molecule has 0 bridgehead atoms. The van der Waals surface area contributed by atoms with Gasteiger partial charge in [-0.1, -0.05) is 11.8 Å². The lowest BCUT2D eigenvalue weighted by Crippen LogP contribution is -2.16. The molecule has 5 heteroatoms. The van der Waals surface area contributed by atoms with Crippen LogP contribution in [-0.2, 0) is 0 Å². The predicted octanol–water partition coefficient (Wildman–Crippen LogP) is 2.99. The second-order valence-electron chi connectivity index (χ2n) is 4.67. The molecule has 2 aromatic heterocycles. The summed E-state index contributed by atoms with van der Waals surface area (Å²) in [4.78, 5) is 8.41. The van der Waals surface area contributed by atoms with E-state index in [2.05, 4.69) is 21.9 Å². The first kappa shape index (κ1) is 12.9. The summed E-state index contributed by atoms with van der Waals surface area (Å²) in [7, 11) is 0. The van der Waals surface area contributed by atoms with E-state index in [1.165, 1.54) is 12.8 Å². The lowest BCUT2D eigenvalue weighted by atomic mass is 10.3. The third-order valence-electron chi connectivity index (χ3n) is 3.24. The number of nitrogen functional groups attached to an aromatic ring is 1. The molecule has 0 radical (unpaired) electrons. The Hall–Kier alpha value is -2.06. The topological polar surface area (TPSA) is 55.3 Å². The van der Waals surface area contributed by atoms with Gasteiger partial charge >= 0.3 is 0 Å². The van der Waals surface area contributed by atoms with Crippen LogP contribution >= 0.6 is 11.8 Å². The molecule has 1 saturated heterocycles. The minimum atomic E-state index is 0.485. The molecule has 3 heterocycles. The zero-order valence-electron chi connectivity index (χ0n) is 11.0. The van der Waals surface area contributed by atoms with Crippen LogP contribution in [-0.4, -0.2) is 18.1 Å². The van der Waals surface area contributed by atoms with Crippen LogP contribution in [0.1, 0.15) is 18.5 Å². The van der Waals surface area contributed by atoms with Crippen LogP contribution < -0.4 is 10.6 Å². The van der Waals surface area contributed by atoms with Crippen molar-refractivity contribution < 1.29 is 4.42 Å². The number of hydrogen-bond acceptors (Lipinski definition) is 5. The second-order valence-corrected chi connectivity index (χ2v) is 5.82. The van der Waals surface area contributed by atoms with Gasteiger partial charge in [-0.05, 0) is 24.8 Å². The molecule has 4 nitrogen and oxygen atoms in total. The normalized spacial score (nSPS) is 14.4. The Labute approximate surface area is 122 Å². The van der Waals surface area contributed by atoms with E-state index in [9.17, 15) is 0 Å². The standard InChI is InChI=1S/C15H15N3OS/c1-2-14-13(16)7-11(9-17-14)20-12-8-15(19-10-12)18-5-3-4-6-18/h1,7-10H,3-6,16H2. The van der Waals surface area contributed by atoms with E-state index in [4.69, 9.17) is 16.6 Å². The zero-order chi connectivity index (χ0) is 13.9. The fourth-order valence-corrected chi connectivity index (χ4v) is 3.06. The number of nitrogens with two attached hydrogens (primary N) is 1. The van der Waals surface area contributed by atoms with Crippen LogP contribution in [0.3, 0.4) is 0 Å². The Morgan fingerprint density at radius 3 is 2.80 bits per heavy atom. The van der Waals surface area contributed by atoms with Crippen LogP contribution in [0.5, 0.6) is 0 Å². The maximum Gasteiger partial charge on any atom is 0.196 e. The summed E-state index contributed by atoms with van der Waals surface area (Å²) in [6, 6.07) is 3.90. The van der Waals surface area contributed by atoms with Gasteiger partial charge in [0.1, 0.15) is 12.0 Å². The summed E-state index contributed by atoms with van der Waals surface area (Å²) >= 11 is 1.57. The fraction of sp³-hybridized carbons (Fsp3) is 0.267. The molecule has 2 N–H and O–H groups in total. The van der Waals surface area contributed by atoms with Gasteiger partial charge in [0.25, 0.3) is 0 Å². The highest BCUT2D eigenvalue weighted by molar-refractivity contribution is 7.99. The Morgan fingerprint density at radius 2 is 2.10 bits per heavy atom. The van der Waals surface area contributed by atoms with Gasteiger partial charge in [-0.15, -0.1) is 6.42 Å². The van der Waals surface area contributed by atoms with E-state index in [1.54, 1.807) is 24.2 Å². The quantitative estimate of drug-likeness (QED) is 0.879. The van der Waals surface area contributed by atoms with Crippen LogP contribution in [0.4, 0.5) is 11.6 Å². The van der Waals surface area contributed by atoms with Gasteiger partial charge in [0, 0.05) is 30.2 Å². The molecule has 1 fully saturated rings. The number of anilines is 2. The molecule has 0 aromatic carbocycles. The summed E-state index contributed by atoms with van der Waals surface area (Å²) in [5.41, 5.74) is 6.85.